The molecular weight excluding hydrogens is 494 g/mol. The largest absolute Gasteiger partial charge is 0.337 e. The highest BCUT2D eigenvalue weighted by Gasteiger charge is 2.27. The molecule has 11 heteroatoms. The first-order valence-corrected chi connectivity index (χ1v) is 13.1. The normalized spacial score (nSPS) is 16.2. The predicted molar refractivity (Wildman–Crippen MR) is 149 cm³/mol. The first kappa shape index (κ1) is 26.2. The molecule has 1 atom stereocenters. The lowest BCUT2D eigenvalue weighted by Crippen LogP contribution is -2.35. The summed E-state index contributed by atoms with van der Waals surface area (Å²) in [5.41, 5.74) is 3.98. The van der Waals surface area contributed by atoms with Gasteiger partial charge in [0, 0.05) is 31.3 Å². The Balaban J connectivity index is 1.46. The van der Waals surface area contributed by atoms with Gasteiger partial charge in [-0.3, -0.25) is 14.9 Å². The second-order valence-corrected chi connectivity index (χ2v) is 10.1. The van der Waals surface area contributed by atoms with Gasteiger partial charge in [0.05, 0.1) is 22.8 Å². The second-order valence-electron chi connectivity index (χ2n) is 10.1. The molecule has 0 aliphatic carbocycles. The average Bonchev–Trinajstić information content (AvgIpc) is 3.52. The summed E-state index contributed by atoms with van der Waals surface area (Å²) in [4.78, 5) is 35.3. The molecule has 3 heterocycles. The zero-order valence-corrected chi connectivity index (χ0v) is 22.5. The quantitative estimate of drug-likeness (QED) is 0.367. The molecule has 0 radical (unpaired) electrons. The summed E-state index contributed by atoms with van der Waals surface area (Å²) in [6.45, 7) is 4.01. The predicted octanol–water partition coefficient (Wildman–Crippen LogP) is 3.24. The molecule has 4 aromatic rings. The number of anilines is 1. The summed E-state index contributed by atoms with van der Waals surface area (Å²) in [6, 6.07) is 13.0. The monoisotopic (exact) mass is 527 g/mol. The number of aromatic nitrogens is 6. The molecule has 202 valence electrons. The van der Waals surface area contributed by atoms with Crippen LogP contribution in [0.3, 0.4) is 0 Å². The standard InChI is InChI=1S/C28H33N9O2/c1-20-9-6-13-24-26(20)37(23-11-4-5-16-35(18-23)25(38)14-8-15-34(2)3)28(30-24)31-27(39)21-10-7-12-22(17-21)36-19-29-32-33-36/h6-10,12-14,17,19,23H,4-5,11,15-16,18H2,1-3H3,(H,30,31,39)/b14-8+. The molecule has 1 unspecified atom stereocenters. The van der Waals surface area contributed by atoms with E-state index < -0.39 is 0 Å². The summed E-state index contributed by atoms with van der Waals surface area (Å²) < 4.78 is 3.61. The van der Waals surface area contributed by atoms with Crippen molar-refractivity contribution >= 4 is 28.8 Å². The van der Waals surface area contributed by atoms with Crippen LogP contribution in [0.25, 0.3) is 16.7 Å². The van der Waals surface area contributed by atoms with Crippen molar-refractivity contribution in [1.29, 1.82) is 0 Å². The molecule has 1 saturated heterocycles. The van der Waals surface area contributed by atoms with Crippen LogP contribution in [0.5, 0.6) is 0 Å². The van der Waals surface area contributed by atoms with Gasteiger partial charge in [-0.15, -0.1) is 5.10 Å². The summed E-state index contributed by atoms with van der Waals surface area (Å²) in [7, 11) is 3.95. The third kappa shape index (κ3) is 5.88. The Labute approximate surface area is 227 Å². The number of tetrazole rings is 1. The summed E-state index contributed by atoms with van der Waals surface area (Å²) in [5, 5.41) is 14.3. The van der Waals surface area contributed by atoms with E-state index in [2.05, 4.69) is 25.4 Å². The van der Waals surface area contributed by atoms with Gasteiger partial charge >= 0.3 is 0 Å². The molecular formula is C28H33N9O2. The lowest BCUT2D eigenvalue weighted by Gasteiger charge is -2.26. The van der Waals surface area contributed by atoms with Crippen molar-refractivity contribution in [1.82, 2.24) is 39.6 Å². The third-order valence-corrected chi connectivity index (χ3v) is 6.91. The van der Waals surface area contributed by atoms with Crippen molar-refractivity contribution in [2.75, 3.05) is 39.0 Å². The van der Waals surface area contributed by atoms with Crippen molar-refractivity contribution in [3.05, 3.63) is 72.1 Å². The lowest BCUT2D eigenvalue weighted by molar-refractivity contribution is -0.126. The van der Waals surface area contributed by atoms with Gasteiger partial charge in [0.25, 0.3) is 5.91 Å². The number of para-hydroxylation sites is 1. The van der Waals surface area contributed by atoms with Crippen LogP contribution < -0.4 is 5.32 Å². The van der Waals surface area contributed by atoms with Gasteiger partial charge in [0.2, 0.25) is 11.9 Å². The fourth-order valence-corrected chi connectivity index (χ4v) is 5.01. The molecule has 0 spiro atoms. The number of nitrogens with one attached hydrogen (secondary N) is 1. The fraction of sp³-hybridized carbons (Fsp3) is 0.357. The van der Waals surface area contributed by atoms with E-state index in [-0.39, 0.29) is 17.9 Å². The molecule has 1 N–H and O–H groups in total. The Kier molecular flexibility index (Phi) is 7.78. The minimum atomic E-state index is -0.285. The Morgan fingerprint density at radius 2 is 2.00 bits per heavy atom. The number of carbonyl (C=O) groups excluding carboxylic acids is 2. The Morgan fingerprint density at radius 3 is 2.79 bits per heavy atom. The van der Waals surface area contributed by atoms with Gasteiger partial charge in [-0.1, -0.05) is 24.3 Å². The number of hydrogen-bond acceptors (Lipinski definition) is 7. The molecule has 11 nitrogen and oxygen atoms in total. The number of fused-ring (bicyclic) bond motifs is 1. The van der Waals surface area contributed by atoms with E-state index in [0.29, 0.717) is 36.8 Å². The van der Waals surface area contributed by atoms with Crippen molar-refractivity contribution in [2.45, 2.75) is 32.2 Å². The maximum atomic E-state index is 13.4. The smallest absolute Gasteiger partial charge is 0.258 e. The average molecular weight is 528 g/mol. The van der Waals surface area contributed by atoms with Crippen molar-refractivity contribution < 1.29 is 9.59 Å². The van der Waals surface area contributed by atoms with E-state index in [1.807, 2.05) is 61.2 Å². The van der Waals surface area contributed by atoms with Crippen LogP contribution >= 0.6 is 0 Å². The highest BCUT2D eigenvalue weighted by molar-refractivity contribution is 6.04. The van der Waals surface area contributed by atoms with E-state index in [9.17, 15) is 9.59 Å². The zero-order chi connectivity index (χ0) is 27.4. The third-order valence-electron chi connectivity index (χ3n) is 6.91. The maximum Gasteiger partial charge on any atom is 0.258 e. The zero-order valence-electron chi connectivity index (χ0n) is 22.5. The Bertz CT molecular complexity index is 1490. The molecule has 2 aromatic carbocycles. The van der Waals surface area contributed by atoms with Crippen LogP contribution in [-0.4, -0.2) is 85.1 Å². The number of likely N-dealkylation sites (N-methyl/N-ethyl adjacent to an activating group) is 1. The van der Waals surface area contributed by atoms with Gasteiger partial charge in [-0.2, -0.15) is 0 Å². The number of benzene rings is 2. The molecule has 0 bridgehead atoms. The lowest BCUT2D eigenvalue weighted by atomic mass is 10.1. The highest BCUT2D eigenvalue weighted by atomic mass is 16.2. The minimum Gasteiger partial charge on any atom is -0.337 e. The van der Waals surface area contributed by atoms with Crippen LogP contribution in [-0.2, 0) is 4.79 Å². The molecule has 0 saturated carbocycles. The van der Waals surface area contributed by atoms with Crippen LogP contribution in [0.15, 0.2) is 60.9 Å². The molecule has 39 heavy (non-hydrogen) atoms. The first-order chi connectivity index (χ1) is 18.9. The second kappa shape index (κ2) is 11.6. The SMILES string of the molecule is Cc1cccc2nc(NC(=O)c3cccc(-n4cnnn4)c3)n(C3CCCCN(C(=O)/C=C/CN(C)C)C3)c12. The number of rotatable bonds is 7. The minimum absolute atomic E-state index is 0.00916. The van der Waals surface area contributed by atoms with Crippen LogP contribution in [0, 0.1) is 6.92 Å². The molecule has 2 amide bonds. The number of amides is 2. The van der Waals surface area contributed by atoms with Crippen LogP contribution in [0.1, 0.15) is 41.2 Å². The van der Waals surface area contributed by atoms with Gasteiger partial charge in [-0.25, -0.2) is 9.67 Å². The number of hydrogen-bond donors (Lipinski definition) is 1. The van der Waals surface area contributed by atoms with E-state index in [1.165, 1.54) is 11.0 Å². The van der Waals surface area contributed by atoms with E-state index >= 15 is 0 Å². The molecule has 2 aromatic heterocycles. The summed E-state index contributed by atoms with van der Waals surface area (Å²) in [6.07, 6.45) is 7.83. The van der Waals surface area contributed by atoms with Crippen molar-refractivity contribution in [3.63, 3.8) is 0 Å². The van der Waals surface area contributed by atoms with Crippen LogP contribution in [0.2, 0.25) is 0 Å². The van der Waals surface area contributed by atoms with E-state index in [1.54, 1.807) is 24.3 Å². The Morgan fingerprint density at radius 1 is 1.15 bits per heavy atom. The first-order valence-electron chi connectivity index (χ1n) is 13.1. The number of likely N-dealkylation sites (tertiary alicyclic amines) is 1. The number of aryl methyl sites for hydroxylation is 1. The van der Waals surface area contributed by atoms with Gasteiger partial charge in [0.15, 0.2) is 0 Å². The number of carbonyl (C=O) groups is 2. The fourth-order valence-electron chi connectivity index (χ4n) is 5.01. The summed E-state index contributed by atoms with van der Waals surface area (Å²) >= 11 is 0. The van der Waals surface area contributed by atoms with Gasteiger partial charge < -0.3 is 14.4 Å². The Hall–Kier alpha value is -4.38. The highest BCUT2D eigenvalue weighted by Crippen LogP contribution is 2.32. The molecule has 1 fully saturated rings. The van der Waals surface area contributed by atoms with Crippen molar-refractivity contribution in [2.24, 2.45) is 0 Å². The van der Waals surface area contributed by atoms with Crippen molar-refractivity contribution in [3.8, 4) is 5.69 Å². The van der Waals surface area contributed by atoms with Crippen LogP contribution in [0.4, 0.5) is 5.95 Å². The molecule has 1 aliphatic rings. The number of nitrogens with zero attached hydrogens (tertiary/aromatic N) is 8. The van der Waals surface area contributed by atoms with E-state index in [4.69, 9.17) is 4.98 Å². The van der Waals surface area contributed by atoms with E-state index in [0.717, 1.165) is 35.9 Å². The molecule has 1 aliphatic heterocycles. The van der Waals surface area contributed by atoms with Gasteiger partial charge in [-0.05, 0) is 80.5 Å². The summed E-state index contributed by atoms with van der Waals surface area (Å²) in [5.74, 6) is 0.196. The molecule has 5 rings (SSSR count). The topological polar surface area (TPSA) is 114 Å². The van der Waals surface area contributed by atoms with Gasteiger partial charge in [0.1, 0.15) is 6.33 Å². The maximum absolute atomic E-state index is 13.4. The number of imidazole rings is 1.